The fourth-order valence-electron chi connectivity index (χ4n) is 2.11. The van der Waals surface area contributed by atoms with Crippen molar-refractivity contribution in [3.8, 4) is 0 Å². The van der Waals surface area contributed by atoms with E-state index in [0.717, 1.165) is 36.1 Å². The molecule has 0 atom stereocenters. The standard InChI is InChI=1S/C13H16BrNO2/c1-9(16)12-3-2-10(8-13(12)14)15-6-4-11(17)5-7-15/h2-3,8,11,17H,4-7H2,1H3. The normalized spacial score (nSPS) is 17.2. The van der Waals surface area contributed by atoms with Crippen LogP contribution in [0.4, 0.5) is 5.69 Å². The highest BCUT2D eigenvalue weighted by Crippen LogP contribution is 2.26. The highest BCUT2D eigenvalue weighted by Gasteiger charge is 2.18. The number of nitrogens with zero attached hydrogens (tertiary/aromatic N) is 1. The van der Waals surface area contributed by atoms with Gasteiger partial charge in [0.2, 0.25) is 0 Å². The molecule has 1 aromatic carbocycles. The zero-order valence-electron chi connectivity index (χ0n) is 9.82. The molecule has 0 radical (unpaired) electrons. The first-order valence-corrected chi connectivity index (χ1v) is 6.60. The molecule has 0 amide bonds. The lowest BCUT2D eigenvalue weighted by molar-refractivity contribution is 0.101. The van der Waals surface area contributed by atoms with Gasteiger partial charge in [-0.2, -0.15) is 0 Å². The molecule has 0 bridgehead atoms. The molecule has 0 aliphatic carbocycles. The maximum Gasteiger partial charge on any atom is 0.160 e. The number of rotatable bonds is 2. The topological polar surface area (TPSA) is 40.5 Å². The van der Waals surface area contributed by atoms with Crippen LogP contribution in [-0.4, -0.2) is 30.1 Å². The van der Waals surface area contributed by atoms with E-state index in [1.165, 1.54) is 0 Å². The van der Waals surface area contributed by atoms with Gasteiger partial charge in [0, 0.05) is 28.8 Å². The summed E-state index contributed by atoms with van der Waals surface area (Å²) in [5, 5.41) is 9.46. The Hall–Kier alpha value is -0.870. The first-order valence-electron chi connectivity index (χ1n) is 5.81. The van der Waals surface area contributed by atoms with Crippen molar-refractivity contribution in [1.82, 2.24) is 0 Å². The van der Waals surface area contributed by atoms with Crippen LogP contribution in [0, 0.1) is 0 Å². The number of ketones is 1. The van der Waals surface area contributed by atoms with E-state index in [2.05, 4.69) is 20.8 Å². The van der Waals surface area contributed by atoms with Crippen molar-refractivity contribution in [2.75, 3.05) is 18.0 Å². The highest BCUT2D eigenvalue weighted by atomic mass is 79.9. The number of carbonyl (C=O) groups is 1. The summed E-state index contributed by atoms with van der Waals surface area (Å²) in [5.74, 6) is 0.0671. The van der Waals surface area contributed by atoms with Crippen LogP contribution in [0.5, 0.6) is 0 Å². The summed E-state index contributed by atoms with van der Waals surface area (Å²) in [5.41, 5.74) is 1.82. The number of piperidine rings is 1. The summed E-state index contributed by atoms with van der Waals surface area (Å²) >= 11 is 3.43. The maximum atomic E-state index is 11.3. The predicted octanol–water partition coefficient (Wildman–Crippen LogP) is 2.61. The van der Waals surface area contributed by atoms with E-state index in [9.17, 15) is 9.90 Å². The van der Waals surface area contributed by atoms with Gasteiger partial charge in [0.25, 0.3) is 0 Å². The Labute approximate surface area is 110 Å². The minimum absolute atomic E-state index is 0.0671. The molecule has 1 aliphatic rings. The zero-order valence-corrected chi connectivity index (χ0v) is 11.4. The van der Waals surface area contributed by atoms with Crippen molar-refractivity contribution in [2.45, 2.75) is 25.9 Å². The zero-order chi connectivity index (χ0) is 12.4. The number of hydrogen-bond donors (Lipinski definition) is 1. The molecule has 2 rings (SSSR count). The van der Waals surface area contributed by atoms with Crippen LogP contribution in [0.15, 0.2) is 22.7 Å². The second kappa shape index (κ2) is 5.19. The van der Waals surface area contributed by atoms with Gasteiger partial charge >= 0.3 is 0 Å². The van der Waals surface area contributed by atoms with E-state index in [1.54, 1.807) is 6.92 Å². The van der Waals surface area contributed by atoms with Gasteiger partial charge in [0.15, 0.2) is 5.78 Å². The number of hydrogen-bond acceptors (Lipinski definition) is 3. The smallest absolute Gasteiger partial charge is 0.160 e. The van der Waals surface area contributed by atoms with Crippen LogP contribution in [0.25, 0.3) is 0 Å². The van der Waals surface area contributed by atoms with Crippen molar-refractivity contribution in [3.63, 3.8) is 0 Å². The fourth-order valence-corrected chi connectivity index (χ4v) is 2.76. The Balaban J connectivity index is 2.17. The molecule has 17 heavy (non-hydrogen) atoms. The second-order valence-corrected chi connectivity index (χ2v) is 5.29. The van der Waals surface area contributed by atoms with Crippen LogP contribution >= 0.6 is 15.9 Å². The number of halogens is 1. The monoisotopic (exact) mass is 297 g/mol. The second-order valence-electron chi connectivity index (χ2n) is 4.44. The number of anilines is 1. The lowest BCUT2D eigenvalue weighted by atomic mass is 10.1. The summed E-state index contributed by atoms with van der Waals surface area (Å²) < 4.78 is 0.841. The molecular formula is C13H16BrNO2. The summed E-state index contributed by atoms with van der Waals surface area (Å²) in [6, 6.07) is 5.81. The summed E-state index contributed by atoms with van der Waals surface area (Å²) in [4.78, 5) is 13.6. The van der Waals surface area contributed by atoms with E-state index < -0.39 is 0 Å². The predicted molar refractivity (Wildman–Crippen MR) is 71.6 cm³/mol. The fraction of sp³-hybridized carbons (Fsp3) is 0.462. The van der Waals surface area contributed by atoms with E-state index >= 15 is 0 Å². The average Bonchev–Trinajstić information content (AvgIpc) is 2.29. The van der Waals surface area contributed by atoms with E-state index in [1.807, 2.05) is 18.2 Å². The summed E-state index contributed by atoms with van der Waals surface area (Å²) in [6.07, 6.45) is 1.46. The quantitative estimate of drug-likeness (QED) is 0.853. The minimum atomic E-state index is -0.161. The van der Waals surface area contributed by atoms with Gasteiger partial charge in [-0.1, -0.05) is 0 Å². The van der Waals surface area contributed by atoms with Crippen LogP contribution in [0.2, 0.25) is 0 Å². The highest BCUT2D eigenvalue weighted by molar-refractivity contribution is 9.10. The Bertz CT molecular complexity index is 425. The molecule has 0 aromatic heterocycles. The van der Waals surface area contributed by atoms with Gasteiger partial charge in [-0.3, -0.25) is 4.79 Å². The van der Waals surface area contributed by atoms with Crippen LogP contribution in [-0.2, 0) is 0 Å². The van der Waals surface area contributed by atoms with Gasteiger partial charge in [-0.15, -0.1) is 0 Å². The summed E-state index contributed by atoms with van der Waals surface area (Å²) in [6.45, 7) is 3.30. The van der Waals surface area contributed by atoms with Gasteiger partial charge < -0.3 is 10.0 Å². The van der Waals surface area contributed by atoms with Crippen molar-refractivity contribution in [1.29, 1.82) is 0 Å². The third kappa shape index (κ3) is 2.87. The third-order valence-electron chi connectivity index (χ3n) is 3.16. The third-order valence-corrected chi connectivity index (χ3v) is 3.82. The molecule has 1 aromatic rings. The van der Waals surface area contributed by atoms with Crippen molar-refractivity contribution < 1.29 is 9.90 Å². The van der Waals surface area contributed by atoms with Crippen LogP contribution in [0.1, 0.15) is 30.1 Å². The van der Waals surface area contributed by atoms with Crippen molar-refractivity contribution in [2.24, 2.45) is 0 Å². The molecule has 1 fully saturated rings. The largest absolute Gasteiger partial charge is 0.393 e. The number of aliphatic hydroxyl groups is 1. The van der Waals surface area contributed by atoms with Crippen molar-refractivity contribution in [3.05, 3.63) is 28.2 Å². The molecule has 0 spiro atoms. The molecular weight excluding hydrogens is 282 g/mol. The number of Topliss-reactive ketones (excluding diaryl/α,β-unsaturated/α-hetero) is 1. The SMILES string of the molecule is CC(=O)c1ccc(N2CCC(O)CC2)cc1Br. The van der Waals surface area contributed by atoms with Gasteiger partial charge in [0.05, 0.1) is 6.10 Å². The first-order chi connectivity index (χ1) is 8.08. The molecule has 4 heteroatoms. The summed E-state index contributed by atoms with van der Waals surface area (Å²) in [7, 11) is 0. The molecule has 0 unspecified atom stereocenters. The lowest BCUT2D eigenvalue weighted by Gasteiger charge is -2.31. The lowest BCUT2D eigenvalue weighted by Crippen LogP contribution is -2.35. The Morgan fingerprint density at radius 1 is 1.41 bits per heavy atom. The molecule has 92 valence electrons. The van der Waals surface area contributed by atoms with Crippen LogP contribution in [0.3, 0.4) is 0 Å². The number of carbonyl (C=O) groups excluding carboxylic acids is 1. The first kappa shape index (κ1) is 12.6. The van der Waals surface area contributed by atoms with E-state index in [4.69, 9.17) is 0 Å². The Morgan fingerprint density at radius 3 is 2.59 bits per heavy atom. The van der Waals surface area contributed by atoms with Gasteiger partial charge in [0.1, 0.15) is 0 Å². The molecule has 1 N–H and O–H groups in total. The Morgan fingerprint density at radius 2 is 2.06 bits per heavy atom. The van der Waals surface area contributed by atoms with E-state index in [0.29, 0.717) is 5.56 Å². The molecule has 1 aliphatic heterocycles. The van der Waals surface area contributed by atoms with E-state index in [-0.39, 0.29) is 11.9 Å². The Kier molecular flexibility index (Phi) is 3.84. The molecule has 3 nitrogen and oxygen atoms in total. The molecule has 1 heterocycles. The van der Waals surface area contributed by atoms with Crippen LogP contribution < -0.4 is 4.90 Å². The van der Waals surface area contributed by atoms with Gasteiger partial charge in [-0.25, -0.2) is 0 Å². The number of benzene rings is 1. The molecule has 1 saturated heterocycles. The van der Waals surface area contributed by atoms with Crippen molar-refractivity contribution >= 4 is 27.4 Å². The molecule has 0 saturated carbocycles. The number of aliphatic hydroxyl groups excluding tert-OH is 1. The minimum Gasteiger partial charge on any atom is -0.393 e. The van der Waals surface area contributed by atoms with Gasteiger partial charge in [-0.05, 0) is 53.9 Å². The maximum absolute atomic E-state index is 11.3. The average molecular weight is 298 g/mol.